The zero-order valence-electron chi connectivity index (χ0n) is 35.3. The molecule has 3 aliphatic rings. The van der Waals surface area contributed by atoms with Crippen LogP contribution in [0.2, 0.25) is 0 Å². The molecule has 0 spiro atoms. The summed E-state index contributed by atoms with van der Waals surface area (Å²) < 4.78 is 56.3. The molecule has 1 aromatic rings. The van der Waals surface area contributed by atoms with E-state index in [1.54, 1.807) is 42.0 Å². The summed E-state index contributed by atoms with van der Waals surface area (Å²) in [6, 6.07) is 5.00. The third kappa shape index (κ3) is 11.1. The van der Waals surface area contributed by atoms with E-state index in [-0.39, 0.29) is 53.5 Å². The highest BCUT2D eigenvalue weighted by Crippen LogP contribution is 2.36. The number of nitrogens with one attached hydrogen (secondary N) is 3. The summed E-state index contributed by atoms with van der Waals surface area (Å²) in [6.45, 7) is 11.3. The van der Waals surface area contributed by atoms with Crippen LogP contribution in [0.4, 0.5) is 13.2 Å². The van der Waals surface area contributed by atoms with Crippen molar-refractivity contribution in [3.05, 3.63) is 35.9 Å². The lowest BCUT2D eigenvalue weighted by atomic mass is 9.89. The van der Waals surface area contributed by atoms with E-state index >= 15 is 0 Å². The predicted octanol–water partition coefficient (Wildman–Crippen LogP) is 4.54. The number of esters is 1. The van der Waals surface area contributed by atoms with Gasteiger partial charge in [-0.05, 0) is 62.3 Å². The molecule has 2 saturated heterocycles. The minimum absolute atomic E-state index is 0.0647. The van der Waals surface area contributed by atoms with Crippen molar-refractivity contribution >= 4 is 29.6 Å². The van der Waals surface area contributed by atoms with Gasteiger partial charge in [-0.1, -0.05) is 71.4 Å². The highest BCUT2D eigenvalue weighted by molar-refractivity contribution is 5.90. The Hall–Kier alpha value is -3.76. The average molecular weight is 824 g/mol. The number of ether oxygens (including phenoxy) is 3. The first-order valence-electron chi connectivity index (χ1n) is 20.7. The number of likely N-dealkylation sites (tertiary alicyclic amines) is 1. The highest BCUT2D eigenvalue weighted by atomic mass is 19.4. The number of alkyl halides is 3. The molecule has 3 fully saturated rings. The van der Waals surface area contributed by atoms with E-state index in [4.69, 9.17) is 14.2 Å². The topological polar surface area (TPSA) is 156 Å². The van der Waals surface area contributed by atoms with Gasteiger partial charge in [0.05, 0.1) is 48.7 Å². The first kappa shape index (κ1) is 46.9. The number of methoxy groups -OCH3 is 2. The summed E-state index contributed by atoms with van der Waals surface area (Å²) >= 11 is 0. The third-order valence-electron chi connectivity index (χ3n) is 12.5. The number of hydrogen-bond acceptors (Lipinski definition) is 9. The summed E-state index contributed by atoms with van der Waals surface area (Å²) in [6.07, 6.45) is -3.34. The van der Waals surface area contributed by atoms with E-state index in [9.17, 15) is 37.1 Å². The van der Waals surface area contributed by atoms with E-state index < -0.39 is 66.4 Å². The number of hydrogen-bond donors (Lipinski definition) is 3. The molecule has 12 atom stereocenters. The molecule has 2 heterocycles. The lowest BCUT2D eigenvalue weighted by Crippen LogP contribution is -2.60. The molecule has 4 rings (SSSR count). The maximum atomic E-state index is 14.2. The molecule has 1 aromatic carbocycles. The largest absolute Gasteiger partial charge is 0.490 e. The number of carbonyl (C=O) groups excluding carboxylic acids is 5. The van der Waals surface area contributed by atoms with Crippen LogP contribution in [0.3, 0.4) is 0 Å². The van der Waals surface area contributed by atoms with Crippen molar-refractivity contribution in [2.45, 2.75) is 147 Å². The van der Waals surface area contributed by atoms with Gasteiger partial charge in [-0.25, -0.2) is 4.79 Å². The first-order chi connectivity index (χ1) is 27.3. The lowest BCUT2D eigenvalue weighted by molar-refractivity contribution is -0.206. The molecule has 326 valence electrons. The fourth-order valence-electron chi connectivity index (χ4n) is 9.15. The maximum absolute atomic E-state index is 14.2. The van der Waals surface area contributed by atoms with Crippen LogP contribution in [-0.4, -0.2) is 122 Å². The fourth-order valence-corrected chi connectivity index (χ4v) is 9.15. The summed E-state index contributed by atoms with van der Waals surface area (Å²) in [5, 5.41) is 9.16. The van der Waals surface area contributed by atoms with Gasteiger partial charge >= 0.3 is 12.1 Å². The Kier molecular flexibility index (Phi) is 16.6. The second kappa shape index (κ2) is 20.5. The van der Waals surface area contributed by atoms with Gasteiger partial charge in [0.1, 0.15) is 12.1 Å². The summed E-state index contributed by atoms with van der Waals surface area (Å²) in [5.41, 5.74) is 0.268. The Labute approximate surface area is 340 Å². The third-order valence-corrected chi connectivity index (χ3v) is 12.5. The number of carbonyl (C=O) groups is 5. The fraction of sp³-hybridized carbons (Fsp3) is 0.738. The number of fused-ring (bicyclic) bond motifs is 2. The molecule has 2 bridgehead atoms. The predicted molar refractivity (Wildman–Crippen MR) is 210 cm³/mol. The van der Waals surface area contributed by atoms with Crippen molar-refractivity contribution in [2.75, 3.05) is 27.8 Å². The van der Waals surface area contributed by atoms with Gasteiger partial charge in [-0.3, -0.25) is 19.2 Å². The van der Waals surface area contributed by atoms with E-state index in [1.807, 2.05) is 27.7 Å². The van der Waals surface area contributed by atoms with E-state index in [1.165, 1.54) is 33.3 Å². The number of likely N-dealkylation sites (N-methyl/N-ethyl adjacent to an activating group) is 1. The van der Waals surface area contributed by atoms with Crippen molar-refractivity contribution in [1.29, 1.82) is 0 Å². The molecule has 0 radical (unpaired) electrons. The summed E-state index contributed by atoms with van der Waals surface area (Å²) in [4.78, 5) is 70.8. The van der Waals surface area contributed by atoms with E-state index in [0.717, 1.165) is 19.3 Å². The molecule has 58 heavy (non-hydrogen) atoms. The van der Waals surface area contributed by atoms with Crippen LogP contribution in [0.1, 0.15) is 98.2 Å². The first-order valence-corrected chi connectivity index (χ1v) is 20.7. The number of amides is 4. The minimum Gasteiger partial charge on any atom is -0.449 e. The zero-order chi connectivity index (χ0) is 43.1. The molecule has 0 aromatic heterocycles. The van der Waals surface area contributed by atoms with Crippen LogP contribution in [0.25, 0.3) is 0 Å². The molecular weight excluding hydrogens is 759 g/mol. The van der Waals surface area contributed by atoms with E-state index in [0.29, 0.717) is 31.8 Å². The Balaban J connectivity index is 1.46. The van der Waals surface area contributed by atoms with Crippen LogP contribution >= 0.6 is 0 Å². The van der Waals surface area contributed by atoms with E-state index in [2.05, 4.69) is 16.0 Å². The summed E-state index contributed by atoms with van der Waals surface area (Å²) in [5.74, 6) is -4.49. The molecule has 16 heteroatoms. The van der Waals surface area contributed by atoms with Crippen molar-refractivity contribution in [3.8, 4) is 0 Å². The Morgan fingerprint density at radius 1 is 0.966 bits per heavy atom. The van der Waals surface area contributed by atoms with Crippen molar-refractivity contribution < 1.29 is 51.4 Å². The minimum atomic E-state index is -5.23. The van der Waals surface area contributed by atoms with Gasteiger partial charge in [-0.2, -0.15) is 13.2 Å². The molecule has 2 aliphatic heterocycles. The van der Waals surface area contributed by atoms with Crippen LogP contribution in [-0.2, 0) is 38.2 Å². The molecule has 1 aliphatic carbocycles. The smallest absolute Gasteiger partial charge is 0.449 e. The second-order valence-electron chi connectivity index (χ2n) is 16.8. The van der Waals surface area contributed by atoms with Gasteiger partial charge in [0.2, 0.25) is 23.6 Å². The zero-order valence-corrected chi connectivity index (χ0v) is 35.3. The molecule has 3 N–H and O–H groups in total. The number of piperidine rings is 1. The SMILES string of the molecule is CCC(C)C(C(CC(=O)N1CCC[C@H]1C(OC)C(C)C(=O)NC(C)C(OC(=O)C(F)(F)F)c1ccccc1)OC)N(C)C(=O)C(NC(=O)[C@H]1N[C@@H]2CC[C@H]1C2)C(C)C. The van der Waals surface area contributed by atoms with Gasteiger partial charge in [-0.15, -0.1) is 0 Å². The monoisotopic (exact) mass is 823 g/mol. The summed E-state index contributed by atoms with van der Waals surface area (Å²) in [7, 11) is 4.64. The number of nitrogens with zero attached hydrogens (tertiary/aromatic N) is 2. The Morgan fingerprint density at radius 2 is 1.64 bits per heavy atom. The van der Waals surface area contributed by atoms with Crippen LogP contribution < -0.4 is 16.0 Å². The standard InChI is InChI=1S/C42H64F3N5O8/c1-10-24(4)35(49(7)40(54)33(23(2)3)48-39(53)34-28-18-19-29(21-28)47-34)31(56-8)22-32(51)50-20-14-17-30(50)36(57-9)25(5)38(52)46-26(6)37(27-15-12-11-13-16-27)58-41(55)42(43,44)45/h11-13,15-16,23-26,28-31,33-37,47H,10,14,17-22H2,1-9H3,(H,46,52)(H,48,53)/t24?,25?,26?,28-,29+,30-,31?,33?,34-,35?,36?,37?/m0/s1. The molecule has 13 nitrogen and oxygen atoms in total. The van der Waals surface area contributed by atoms with Crippen LogP contribution in [0.5, 0.6) is 0 Å². The van der Waals surface area contributed by atoms with Gasteiger partial charge in [0, 0.05) is 33.9 Å². The molecular formula is C42H64F3N5O8. The normalized spacial score (nSPS) is 24.6. The Morgan fingerprint density at radius 3 is 2.17 bits per heavy atom. The molecule has 8 unspecified atom stereocenters. The van der Waals surface area contributed by atoms with Gasteiger partial charge in [0.25, 0.3) is 0 Å². The maximum Gasteiger partial charge on any atom is 0.490 e. The van der Waals surface area contributed by atoms with Crippen molar-refractivity contribution in [1.82, 2.24) is 25.8 Å². The number of rotatable bonds is 19. The average Bonchev–Trinajstić information content (AvgIpc) is 3.97. The second-order valence-corrected chi connectivity index (χ2v) is 16.8. The van der Waals surface area contributed by atoms with Crippen LogP contribution in [0, 0.1) is 23.7 Å². The van der Waals surface area contributed by atoms with Gasteiger partial charge < -0.3 is 40.0 Å². The quantitative estimate of drug-likeness (QED) is 0.171. The number of halogens is 3. The van der Waals surface area contributed by atoms with Crippen molar-refractivity contribution in [3.63, 3.8) is 0 Å². The molecule has 1 saturated carbocycles. The van der Waals surface area contributed by atoms with Crippen LogP contribution in [0.15, 0.2) is 30.3 Å². The Bertz CT molecular complexity index is 1570. The van der Waals surface area contributed by atoms with Crippen molar-refractivity contribution in [2.24, 2.45) is 23.7 Å². The highest BCUT2D eigenvalue weighted by Gasteiger charge is 2.47. The molecule has 4 amide bonds. The number of benzene rings is 1. The lowest BCUT2D eigenvalue weighted by Gasteiger charge is -2.41. The van der Waals surface area contributed by atoms with Gasteiger partial charge in [0.15, 0.2) is 0 Å².